The third-order valence-corrected chi connectivity index (χ3v) is 3.23. The largest absolute Gasteiger partial charge is 0.332 e. The van der Waals surface area contributed by atoms with E-state index in [1.54, 1.807) is 4.90 Å². The molecule has 0 saturated carbocycles. The smallest absolute Gasteiger partial charge is 0.223 e. The average Bonchev–Trinajstić information content (AvgIpc) is 2.77. The summed E-state index contributed by atoms with van der Waals surface area (Å²) in [5, 5.41) is 14.4. The molecular weight excluding hydrogens is 230 g/mol. The van der Waals surface area contributed by atoms with Gasteiger partial charge in [0.2, 0.25) is 5.91 Å². The molecule has 0 aromatic heterocycles. The van der Waals surface area contributed by atoms with Crippen molar-refractivity contribution in [2.24, 2.45) is 22.1 Å². The lowest BCUT2D eigenvalue weighted by atomic mass is 10.1. The number of likely N-dealkylation sites (tertiary alicyclic amines) is 1. The van der Waals surface area contributed by atoms with Crippen LogP contribution in [0.4, 0.5) is 0 Å². The molecule has 18 heavy (non-hydrogen) atoms. The number of amidine groups is 1. The van der Waals surface area contributed by atoms with Crippen molar-refractivity contribution in [2.45, 2.75) is 52.0 Å². The van der Waals surface area contributed by atoms with Crippen LogP contribution in [0, 0.1) is 11.3 Å². The fourth-order valence-electron chi connectivity index (χ4n) is 2.28. The highest BCUT2D eigenvalue weighted by molar-refractivity contribution is 5.90. The van der Waals surface area contributed by atoms with Crippen LogP contribution in [0.1, 0.15) is 46.0 Å². The molecule has 0 bridgehead atoms. The predicted octanol–water partition coefficient (Wildman–Crippen LogP) is 2.11. The van der Waals surface area contributed by atoms with E-state index < -0.39 is 0 Å². The summed E-state index contributed by atoms with van der Waals surface area (Å²) in [4.78, 5) is 13.8. The van der Waals surface area contributed by atoms with E-state index in [1.807, 2.05) is 0 Å². The fourth-order valence-corrected chi connectivity index (χ4v) is 2.28. The van der Waals surface area contributed by atoms with Crippen LogP contribution in [0.25, 0.3) is 0 Å². The number of rotatable bonds is 5. The van der Waals surface area contributed by atoms with Crippen molar-refractivity contribution in [1.82, 2.24) is 4.90 Å². The molecular formula is C12H23N5O. The van der Waals surface area contributed by atoms with Gasteiger partial charge in [-0.3, -0.25) is 10.2 Å². The number of hydrogen-bond donors (Lipinski definition) is 2. The Hall–Kier alpha value is -1.46. The van der Waals surface area contributed by atoms with Crippen molar-refractivity contribution in [2.75, 3.05) is 6.54 Å². The SMILES string of the molecule is CC(C)CCCC(=O)N1CCCC1C(=N)N=NN. The van der Waals surface area contributed by atoms with E-state index >= 15 is 0 Å². The first-order valence-corrected chi connectivity index (χ1v) is 6.55. The Morgan fingerprint density at radius 2 is 2.28 bits per heavy atom. The molecule has 6 nitrogen and oxygen atoms in total. The molecule has 1 heterocycles. The zero-order valence-electron chi connectivity index (χ0n) is 11.2. The van der Waals surface area contributed by atoms with Gasteiger partial charge in [0.05, 0.1) is 6.04 Å². The van der Waals surface area contributed by atoms with E-state index in [0.29, 0.717) is 18.9 Å². The zero-order valence-corrected chi connectivity index (χ0v) is 11.2. The van der Waals surface area contributed by atoms with Crippen LogP contribution in [-0.2, 0) is 4.79 Å². The first-order valence-electron chi connectivity index (χ1n) is 6.55. The number of nitrogens with one attached hydrogen (secondary N) is 1. The minimum Gasteiger partial charge on any atom is -0.332 e. The molecule has 0 aliphatic carbocycles. The zero-order chi connectivity index (χ0) is 13.5. The lowest BCUT2D eigenvalue weighted by molar-refractivity contribution is -0.131. The van der Waals surface area contributed by atoms with Crippen molar-refractivity contribution in [3.05, 3.63) is 0 Å². The summed E-state index contributed by atoms with van der Waals surface area (Å²) >= 11 is 0. The van der Waals surface area contributed by atoms with E-state index in [2.05, 4.69) is 24.2 Å². The Morgan fingerprint density at radius 3 is 2.89 bits per heavy atom. The van der Waals surface area contributed by atoms with Gasteiger partial charge in [-0.15, -0.1) is 5.11 Å². The summed E-state index contributed by atoms with van der Waals surface area (Å²) in [7, 11) is 0. The summed E-state index contributed by atoms with van der Waals surface area (Å²) < 4.78 is 0. The molecule has 6 heteroatoms. The molecule has 0 aromatic rings. The lowest BCUT2D eigenvalue weighted by Gasteiger charge is -2.23. The van der Waals surface area contributed by atoms with Gasteiger partial charge in [0.15, 0.2) is 5.84 Å². The van der Waals surface area contributed by atoms with Crippen LogP contribution in [0.15, 0.2) is 10.3 Å². The second-order valence-corrected chi connectivity index (χ2v) is 5.13. The second-order valence-electron chi connectivity index (χ2n) is 5.13. The standard InChI is InChI=1S/C12H23N5O/c1-9(2)5-3-7-11(18)17-8-4-6-10(17)12(13)15-16-14/h9-10H,3-8H2,1-2H3,(H3,13,14,15). The summed E-state index contributed by atoms with van der Waals surface area (Å²) in [6.45, 7) is 5.02. The molecule has 1 aliphatic rings. The number of carbonyl (C=O) groups excluding carboxylic acids is 1. The van der Waals surface area contributed by atoms with E-state index in [4.69, 9.17) is 11.3 Å². The van der Waals surface area contributed by atoms with Crippen molar-refractivity contribution in [3.8, 4) is 0 Å². The van der Waals surface area contributed by atoms with E-state index in [1.165, 1.54) is 0 Å². The predicted molar refractivity (Wildman–Crippen MR) is 70.2 cm³/mol. The molecule has 102 valence electrons. The Kier molecular flexibility index (Phi) is 5.74. The minimum absolute atomic E-state index is 0.0900. The highest BCUT2D eigenvalue weighted by atomic mass is 16.2. The molecule has 1 aliphatic heterocycles. The lowest BCUT2D eigenvalue weighted by Crippen LogP contribution is -2.39. The maximum absolute atomic E-state index is 12.1. The summed E-state index contributed by atoms with van der Waals surface area (Å²) in [6, 6.07) is -0.233. The van der Waals surface area contributed by atoms with Crippen LogP contribution >= 0.6 is 0 Å². The molecule has 1 unspecified atom stereocenters. The van der Waals surface area contributed by atoms with Crippen LogP contribution in [0.5, 0.6) is 0 Å². The topological polar surface area (TPSA) is 94.9 Å². The number of carbonyl (C=O) groups is 1. The van der Waals surface area contributed by atoms with Gasteiger partial charge >= 0.3 is 0 Å². The van der Waals surface area contributed by atoms with Gasteiger partial charge in [0.25, 0.3) is 0 Å². The molecule has 1 fully saturated rings. The van der Waals surface area contributed by atoms with E-state index in [0.717, 1.165) is 25.7 Å². The highest BCUT2D eigenvalue weighted by Gasteiger charge is 2.31. The summed E-state index contributed by atoms with van der Waals surface area (Å²) in [6.07, 6.45) is 4.23. The monoisotopic (exact) mass is 253 g/mol. The average molecular weight is 253 g/mol. The Labute approximate surface area is 108 Å². The van der Waals surface area contributed by atoms with E-state index in [-0.39, 0.29) is 17.8 Å². The Morgan fingerprint density at radius 1 is 1.56 bits per heavy atom. The van der Waals surface area contributed by atoms with Gasteiger partial charge in [-0.05, 0) is 25.2 Å². The van der Waals surface area contributed by atoms with Crippen LogP contribution in [-0.4, -0.2) is 29.2 Å². The summed E-state index contributed by atoms with van der Waals surface area (Å²) in [5.74, 6) is 5.78. The number of hydrogen-bond acceptors (Lipinski definition) is 3. The number of nitrogens with zero attached hydrogens (tertiary/aromatic N) is 3. The normalized spacial score (nSPS) is 19.9. The Bertz CT molecular complexity index is 326. The molecule has 1 rings (SSSR count). The maximum atomic E-state index is 12.1. The molecule has 1 amide bonds. The van der Waals surface area contributed by atoms with Crippen molar-refractivity contribution >= 4 is 11.7 Å². The van der Waals surface area contributed by atoms with Crippen molar-refractivity contribution in [1.29, 1.82) is 5.41 Å². The third-order valence-electron chi connectivity index (χ3n) is 3.23. The van der Waals surface area contributed by atoms with Crippen molar-refractivity contribution < 1.29 is 4.79 Å². The Balaban J connectivity index is 2.48. The third kappa shape index (κ3) is 4.09. The van der Waals surface area contributed by atoms with Crippen LogP contribution in [0.3, 0.4) is 0 Å². The maximum Gasteiger partial charge on any atom is 0.223 e. The summed E-state index contributed by atoms with van der Waals surface area (Å²) in [5.41, 5.74) is 0. The van der Waals surface area contributed by atoms with Crippen LogP contribution < -0.4 is 5.84 Å². The first-order chi connectivity index (χ1) is 8.56. The molecule has 0 aromatic carbocycles. The minimum atomic E-state index is -0.233. The van der Waals surface area contributed by atoms with Gasteiger partial charge in [0, 0.05) is 13.0 Å². The van der Waals surface area contributed by atoms with Crippen LogP contribution in [0.2, 0.25) is 0 Å². The molecule has 0 spiro atoms. The van der Waals surface area contributed by atoms with Gasteiger partial charge in [-0.2, -0.15) is 0 Å². The molecule has 1 atom stereocenters. The van der Waals surface area contributed by atoms with Gasteiger partial charge in [-0.25, -0.2) is 0 Å². The fraction of sp³-hybridized carbons (Fsp3) is 0.833. The van der Waals surface area contributed by atoms with E-state index in [9.17, 15) is 4.79 Å². The highest BCUT2D eigenvalue weighted by Crippen LogP contribution is 2.20. The number of amides is 1. The molecule has 3 N–H and O–H groups in total. The number of nitrogens with two attached hydrogens (primary N) is 1. The van der Waals surface area contributed by atoms with Gasteiger partial charge in [0.1, 0.15) is 0 Å². The van der Waals surface area contributed by atoms with Gasteiger partial charge in [-0.1, -0.05) is 25.5 Å². The quantitative estimate of drug-likeness (QED) is 0.258. The van der Waals surface area contributed by atoms with Crippen molar-refractivity contribution in [3.63, 3.8) is 0 Å². The van der Waals surface area contributed by atoms with Gasteiger partial charge < -0.3 is 10.7 Å². The second kappa shape index (κ2) is 7.08. The molecule has 1 saturated heterocycles. The molecule has 0 radical (unpaired) electrons. The first kappa shape index (κ1) is 14.6.